The van der Waals surface area contributed by atoms with Crippen molar-refractivity contribution < 1.29 is 13.2 Å². The molecule has 0 unspecified atom stereocenters. The Morgan fingerprint density at radius 2 is 1.91 bits per heavy atom. The standard InChI is InChI=1S/C24H28N4O3S/c1-14-10-20-24(25-14)21(12-18(26-20)13-23(29)16-6-7-16)27-19-9-8-17(15-4-5-15)11-22(19)28(2)32(3,30)31/h8-9,11-12,15-16H,4-7,10,13H2,1-3H3,(H,26,27). The molecular weight excluding hydrogens is 424 g/mol. The van der Waals surface area contributed by atoms with Crippen molar-refractivity contribution in [3.05, 3.63) is 41.2 Å². The van der Waals surface area contributed by atoms with Gasteiger partial charge in [0.25, 0.3) is 0 Å². The number of sulfonamides is 1. The van der Waals surface area contributed by atoms with Crippen LogP contribution in [0, 0.1) is 5.92 Å². The Kier molecular flexibility index (Phi) is 5.08. The third-order valence-electron chi connectivity index (χ3n) is 6.41. The molecule has 0 saturated heterocycles. The van der Waals surface area contributed by atoms with Gasteiger partial charge >= 0.3 is 0 Å². The van der Waals surface area contributed by atoms with Crippen molar-refractivity contribution in [2.75, 3.05) is 22.9 Å². The van der Waals surface area contributed by atoms with Gasteiger partial charge in [-0.15, -0.1) is 0 Å². The first-order valence-electron chi connectivity index (χ1n) is 11.1. The number of hydrogen-bond donors (Lipinski definition) is 1. The van der Waals surface area contributed by atoms with Crippen LogP contribution >= 0.6 is 0 Å². The number of nitrogens with zero attached hydrogens (tertiary/aromatic N) is 3. The molecule has 2 aliphatic carbocycles. The van der Waals surface area contributed by atoms with Crippen molar-refractivity contribution in [3.8, 4) is 0 Å². The Morgan fingerprint density at radius 1 is 1.16 bits per heavy atom. The molecule has 32 heavy (non-hydrogen) atoms. The minimum Gasteiger partial charge on any atom is -0.352 e. The molecule has 0 spiro atoms. The summed E-state index contributed by atoms with van der Waals surface area (Å²) >= 11 is 0. The first-order chi connectivity index (χ1) is 15.2. The third-order valence-corrected chi connectivity index (χ3v) is 7.60. The SMILES string of the molecule is CC1=Nc2c(Nc3ccc(C4CC4)cc3N(C)S(C)(=O)=O)cc(CC(=O)C3CC3)nc2C1. The lowest BCUT2D eigenvalue weighted by Crippen LogP contribution is -2.25. The van der Waals surface area contributed by atoms with E-state index in [4.69, 9.17) is 4.98 Å². The van der Waals surface area contributed by atoms with Gasteiger partial charge in [0.2, 0.25) is 10.0 Å². The van der Waals surface area contributed by atoms with Gasteiger partial charge < -0.3 is 5.32 Å². The largest absolute Gasteiger partial charge is 0.352 e. The molecule has 1 aromatic heterocycles. The minimum absolute atomic E-state index is 0.185. The molecule has 2 aromatic rings. The maximum atomic E-state index is 12.4. The van der Waals surface area contributed by atoms with Gasteiger partial charge in [0, 0.05) is 31.5 Å². The molecule has 5 rings (SSSR count). The lowest BCUT2D eigenvalue weighted by atomic mass is 10.1. The fraction of sp³-hybridized carbons (Fsp3) is 0.458. The van der Waals surface area contributed by atoms with Crippen LogP contribution in [0.5, 0.6) is 0 Å². The van der Waals surface area contributed by atoms with E-state index in [0.29, 0.717) is 30.1 Å². The molecule has 8 heteroatoms. The molecule has 0 bridgehead atoms. The highest BCUT2D eigenvalue weighted by atomic mass is 32.2. The summed E-state index contributed by atoms with van der Waals surface area (Å²) in [6, 6.07) is 7.86. The first-order valence-corrected chi connectivity index (χ1v) is 13.0. The van der Waals surface area contributed by atoms with Gasteiger partial charge in [-0.2, -0.15) is 0 Å². The second-order valence-corrected chi connectivity index (χ2v) is 11.3. The zero-order valence-electron chi connectivity index (χ0n) is 18.7. The number of ketones is 1. The van der Waals surface area contributed by atoms with Gasteiger partial charge in [-0.05, 0) is 62.3 Å². The molecule has 3 aliphatic rings. The Labute approximate surface area is 189 Å². The van der Waals surface area contributed by atoms with Crippen molar-refractivity contribution in [2.24, 2.45) is 10.9 Å². The number of aliphatic imine (C=N–C) groups is 1. The van der Waals surface area contributed by atoms with Gasteiger partial charge in [0.15, 0.2) is 0 Å². The predicted octanol–water partition coefficient (Wildman–Crippen LogP) is 4.27. The average molecular weight is 453 g/mol. The number of carbonyl (C=O) groups excluding carboxylic acids is 1. The monoisotopic (exact) mass is 452 g/mol. The van der Waals surface area contributed by atoms with E-state index < -0.39 is 10.0 Å². The molecule has 1 aliphatic heterocycles. The number of aromatic nitrogens is 1. The van der Waals surface area contributed by atoms with Crippen molar-refractivity contribution >= 4 is 44.3 Å². The summed E-state index contributed by atoms with van der Waals surface area (Å²) in [4.78, 5) is 21.8. The summed E-state index contributed by atoms with van der Waals surface area (Å²) in [5.41, 5.74) is 6.55. The van der Waals surface area contributed by atoms with Crippen molar-refractivity contribution in [1.82, 2.24) is 4.98 Å². The van der Waals surface area contributed by atoms with Crippen LogP contribution in [0.25, 0.3) is 0 Å². The van der Waals surface area contributed by atoms with E-state index in [1.54, 1.807) is 7.05 Å². The van der Waals surface area contributed by atoms with Gasteiger partial charge in [0.1, 0.15) is 11.5 Å². The van der Waals surface area contributed by atoms with Gasteiger partial charge in [-0.1, -0.05) is 6.07 Å². The van der Waals surface area contributed by atoms with Crippen molar-refractivity contribution in [3.63, 3.8) is 0 Å². The number of anilines is 3. The van der Waals surface area contributed by atoms with Crippen LogP contribution in [-0.4, -0.2) is 38.2 Å². The van der Waals surface area contributed by atoms with Crippen LogP contribution in [0.4, 0.5) is 22.7 Å². The van der Waals surface area contributed by atoms with Crippen LogP contribution in [0.15, 0.2) is 29.3 Å². The summed E-state index contributed by atoms with van der Waals surface area (Å²) in [5.74, 6) is 0.933. The van der Waals surface area contributed by atoms with Crippen LogP contribution in [-0.2, 0) is 27.7 Å². The van der Waals surface area contributed by atoms with Gasteiger partial charge in [-0.25, -0.2) is 8.42 Å². The predicted molar refractivity (Wildman–Crippen MR) is 127 cm³/mol. The van der Waals surface area contributed by atoms with Crippen LogP contribution < -0.4 is 9.62 Å². The highest BCUT2D eigenvalue weighted by molar-refractivity contribution is 7.92. The number of nitrogens with one attached hydrogen (secondary N) is 1. The topological polar surface area (TPSA) is 91.7 Å². The van der Waals surface area contributed by atoms with E-state index in [9.17, 15) is 13.2 Å². The number of rotatable bonds is 8. The molecule has 1 aromatic carbocycles. The van der Waals surface area contributed by atoms with Crippen LogP contribution in [0.3, 0.4) is 0 Å². The summed E-state index contributed by atoms with van der Waals surface area (Å²) in [6.45, 7) is 1.97. The molecule has 0 atom stereocenters. The quantitative estimate of drug-likeness (QED) is 0.646. The van der Waals surface area contributed by atoms with E-state index in [2.05, 4.69) is 16.4 Å². The molecule has 168 valence electrons. The van der Waals surface area contributed by atoms with Crippen LogP contribution in [0.1, 0.15) is 55.5 Å². The maximum Gasteiger partial charge on any atom is 0.232 e. The Morgan fingerprint density at radius 3 is 2.56 bits per heavy atom. The zero-order valence-corrected chi connectivity index (χ0v) is 19.5. The number of hydrogen-bond acceptors (Lipinski definition) is 6. The van der Waals surface area contributed by atoms with E-state index in [1.807, 2.05) is 25.1 Å². The van der Waals surface area contributed by atoms with E-state index in [-0.39, 0.29) is 11.7 Å². The zero-order chi connectivity index (χ0) is 22.6. The summed E-state index contributed by atoms with van der Waals surface area (Å²) in [6.07, 6.45) is 6.42. The summed E-state index contributed by atoms with van der Waals surface area (Å²) in [7, 11) is -1.86. The van der Waals surface area contributed by atoms with Gasteiger partial charge in [-0.3, -0.25) is 19.1 Å². The molecular formula is C24H28N4O3S. The number of benzene rings is 1. The summed E-state index contributed by atoms with van der Waals surface area (Å²) < 4.78 is 26.0. The number of carbonyl (C=O) groups is 1. The molecule has 1 N–H and O–H groups in total. The molecule has 7 nitrogen and oxygen atoms in total. The number of fused-ring (bicyclic) bond motifs is 1. The first kappa shape index (κ1) is 21.1. The fourth-order valence-corrected chi connectivity index (χ4v) is 4.70. The lowest BCUT2D eigenvalue weighted by Gasteiger charge is -2.23. The molecule has 2 heterocycles. The lowest BCUT2D eigenvalue weighted by molar-refractivity contribution is -0.119. The highest BCUT2D eigenvalue weighted by Gasteiger charge is 2.30. The highest BCUT2D eigenvalue weighted by Crippen LogP contribution is 2.44. The molecule has 2 saturated carbocycles. The number of Topliss-reactive ketones (excluding diaryl/α,β-unsaturated/α-hetero) is 1. The fourth-order valence-electron chi connectivity index (χ4n) is 4.19. The normalized spacial score (nSPS) is 17.7. The number of pyridine rings is 1. The minimum atomic E-state index is -3.43. The second-order valence-electron chi connectivity index (χ2n) is 9.30. The van der Waals surface area contributed by atoms with Crippen LogP contribution in [0.2, 0.25) is 0 Å². The second kappa shape index (κ2) is 7.69. The third kappa shape index (κ3) is 4.28. The Hall–Kier alpha value is -2.74. The average Bonchev–Trinajstić information content (AvgIpc) is 3.63. The van der Waals surface area contributed by atoms with E-state index in [1.165, 1.54) is 10.6 Å². The van der Waals surface area contributed by atoms with Crippen molar-refractivity contribution in [2.45, 2.75) is 51.4 Å². The Bertz CT molecular complexity index is 1240. The smallest absolute Gasteiger partial charge is 0.232 e. The van der Waals surface area contributed by atoms with E-state index >= 15 is 0 Å². The van der Waals surface area contributed by atoms with E-state index in [0.717, 1.165) is 59.7 Å². The molecule has 0 radical (unpaired) electrons. The van der Waals surface area contributed by atoms with Crippen molar-refractivity contribution in [1.29, 1.82) is 0 Å². The molecule has 0 amide bonds. The van der Waals surface area contributed by atoms with Gasteiger partial charge in [0.05, 0.1) is 34.7 Å². The Balaban J connectivity index is 1.54. The summed E-state index contributed by atoms with van der Waals surface area (Å²) in [5, 5.41) is 3.43. The maximum absolute atomic E-state index is 12.4. The molecule has 2 fully saturated rings.